The predicted octanol–water partition coefficient (Wildman–Crippen LogP) is 5.26. The van der Waals surface area contributed by atoms with Gasteiger partial charge in [0.2, 0.25) is 0 Å². The fourth-order valence-corrected chi connectivity index (χ4v) is 5.34. The molecule has 0 radical (unpaired) electrons. The number of nitrogens with one attached hydrogen (secondary N) is 1. The molecule has 4 aromatic rings. The number of carboxylic acids is 1. The third-order valence-corrected chi connectivity index (χ3v) is 7.70. The first-order valence-corrected chi connectivity index (χ1v) is 12.9. The lowest BCUT2D eigenvalue weighted by atomic mass is 10.2. The summed E-state index contributed by atoms with van der Waals surface area (Å²) in [4.78, 5) is 34.2. The smallest absolute Gasteiger partial charge is 0.416 e. The van der Waals surface area contributed by atoms with Crippen molar-refractivity contribution in [1.82, 2.24) is 24.7 Å². The number of carboxylic acid groups (broad SMARTS) is 1. The molecule has 0 saturated carbocycles. The molecule has 1 amide bonds. The van der Waals surface area contributed by atoms with Crippen LogP contribution in [0.3, 0.4) is 0 Å². The van der Waals surface area contributed by atoms with E-state index in [1.165, 1.54) is 36.4 Å². The van der Waals surface area contributed by atoms with Crippen LogP contribution in [0.1, 0.15) is 27.3 Å². The molecule has 0 spiro atoms. The van der Waals surface area contributed by atoms with Gasteiger partial charge in [-0.1, -0.05) is 11.8 Å². The van der Waals surface area contributed by atoms with Crippen molar-refractivity contribution in [2.75, 3.05) is 5.32 Å². The third kappa shape index (κ3) is 7.08. The Bertz CT molecular complexity index is 1420. The van der Waals surface area contributed by atoms with E-state index < -0.39 is 23.6 Å². The van der Waals surface area contributed by atoms with Crippen LogP contribution in [0.2, 0.25) is 0 Å². The number of alkyl halides is 3. The Morgan fingerprint density at radius 3 is 2.54 bits per heavy atom. The van der Waals surface area contributed by atoms with Crippen molar-refractivity contribution >= 4 is 51.9 Å². The lowest BCUT2D eigenvalue weighted by Crippen LogP contribution is -2.15. The van der Waals surface area contributed by atoms with Gasteiger partial charge in [-0.3, -0.25) is 14.9 Å². The first kappa shape index (κ1) is 26.6. The second kappa shape index (κ2) is 11.3. The van der Waals surface area contributed by atoms with Crippen LogP contribution in [0, 0.1) is 0 Å². The molecule has 0 aliphatic heterocycles. The Hall–Kier alpha value is -3.43. The van der Waals surface area contributed by atoms with Crippen molar-refractivity contribution in [1.29, 1.82) is 0 Å². The molecule has 0 fully saturated rings. The standard InChI is InChI=1S/C22H17F3N6O3S3/c1-31-11-27-30-21(31)37-16-8-7-15(35-13-4-2-12(3-5-13)22(23,24)25)18(28-16)19(34)29-20-26-10-14(36-20)6-9-17(32)33/h2-5,7-8,10-11H,6,9H2,1H3,(H,32,33)(H,26,29,34). The van der Waals surface area contributed by atoms with E-state index >= 15 is 0 Å². The van der Waals surface area contributed by atoms with Crippen molar-refractivity contribution in [3.63, 3.8) is 0 Å². The van der Waals surface area contributed by atoms with E-state index in [1.54, 1.807) is 23.7 Å². The number of nitrogens with zero attached hydrogens (tertiary/aromatic N) is 5. The number of aromatic nitrogens is 5. The van der Waals surface area contributed by atoms with Gasteiger partial charge in [-0.2, -0.15) is 13.2 Å². The number of rotatable bonds is 9. The molecule has 37 heavy (non-hydrogen) atoms. The minimum Gasteiger partial charge on any atom is -0.481 e. The average Bonchev–Trinajstić information content (AvgIpc) is 3.47. The minimum absolute atomic E-state index is 0.0411. The molecule has 3 aromatic heterocycles. The van der Waals surface area contributed by atoms with Crippen LogP contribution in [-0.2, 0) is 24.4 Å². The molecule has 192 valence electrons. The molecule has 2 N–H and O–H groups in total. The quantitative estimate of drug-likeness (QED) is 0.279. The van der Waals surface area contributed by atoms with Gasteiger partial charge in [-0.25, -0.2) is 9.97 Å². The molecule has 0 aliphatic rings. The second-order valence-electron chi connectivity index (χ2n) is 7.43. The van der Waals surface area contributed by atoms with Gasteiger partial charge in [-0.05, 0) is 54.6 Å². The number of carbonyl (C=O) groups excluding carboxylic acids is 1. The molecular formula is C22H17F3N6O3S3. The Balaban J connectivity index is 1.59. The van der Waals surface area contributed by atoms with Crippen molar-refractivity contribution < 1.29 is 27.9 Å². The lowest BCUT2D eigenvalue weighted by molar-refractivity contribution is -0.138. The Kier molecular flexibility index (Phi) is 8.14. The number of aliphatic carboxylic acids is 1. The largest absolute Gasteiger partial charge is 0.481 e. The Labute approximate surface area is 220 Å². The number of hydrogen-bond donors (Lipinski definition) is 2. The zero-order valence-corrected chi connectivity index (χ0v) is 21.3. The molecule has 3 heterocycles. The molecule has 9 nitrogen and oxygen atoms in total. The van der Waals surface area contributed by atoms with E-state index in [0.29, 0.717) is 24.9 Å². The zero-order chi connectivity index (χ0) is 26.6. The second-order valence-corrected chi connectivity index (χ2v) is 10.6. The maximum atomic E-state index is 13.2. The summed E-state index contributed by atoms with van der Waals surface area (Å²) in [5.41, 5.74) is -0.731. The predicted molar refractivity (Wildman–Crippen MR) is 131 cm³/mol. The maximum absolute atomic E-state index is 13.2. The molecule has 15 heteroatoms. The van der Waals surface area contributed by atoms with Crippen molar-refractivity contribution in [2.45, 2.75) is 39.0 Å². The number of hydrogen-bond acceptors (Lipinski definition) is 9. The van der Waals surface area contributed by atoms with E-state index in [1.807, 2.05) is 0 Å². The first-order valence-electron chi connectivity index (χ1n) is 10.4. The third-order valence-electron chi connectivity index (χ3n) is 4.68. The summed E-state index contributed by atoms with van der Waals surface area (Å²) in [5, 5.41) is 20.6. The highest BCUT2D eigenvalue weighted by Gasteiger charge is 2.30. The van der Waals surface area contributed by atoms with Crippen molar-refractivity contribution in [2.24, 2.45) is 7.05 Å². The van der Waals surface area contributed by atoms with Crippen molar-refractivity contribution in [3.8, 4) is 0 Å². The van der Waals surface area contributed by atoms with Crippen LogP contribution < -0.4 is 5.32 Å². The minimum atomic E-state index is -4.45. The topological polar surface area (TPSA) is 123 Å². The highest BCUT2D eigenvalue weighted by Crippen LogP contribution is 2.35. The lowest BCUT2D eigenvalue weighted by Gasteiger charge is -2.11. The fourth-order valence-electron chi connectivity index (χ4n) is 2.90. The molecule has 0 atom stereocenters. The van der Waals surface area contributed by atoms with Crippen LogP contribution >= 0.6 is 34.9 Å². The van der Waals surface area contributed by atoms with Crippen LogP contribution in [0.25, 0.3) is 0 Å². The van der Waals surface area contributed by atoms with Gasteiger partial charge in [0, 0.05) is 27.9 Å². The van der Waals surface area contributed by atoms with E-state index in [2.05, 4.69) is 25.5 Å². The summed E-state index contributed by atoms with van der Waals surface area (Å²) in [5.74, 6) is -1.51. The SMILES string of the molecule is Cn1cnnc1Sc1ccc(Sc2ccc(C(F)(F)F)cc2)c(C(=O)Nc2ncc(CCC(=O)O)s2)n1. The van der Waals surface area contributed by atoms with Gasteiger partial charge >= 0.3 is 12.1 Å². The molecule has 0 bridgehead atoms. The van der Waals surface area contributed by atoms with Gasteiger partial charge in [0.15, 0.2) is 10.3 Å². The molecule has 0 saturated heterocycles. The van der Waals surface area contributed by atoms with Crippen LogP contribution in [0.15, 0.2) is 68.9 Å². The number of carbonyl (C=O) groups is 2. The van der Waals surface area contributed by atoms with Gasteiger partial charge < -0.3 is 9.67 Å². The van der Waals surface area contributed by atoms with Crippen LogP contribution in [0.4, 0.5) is 18.3 Å². The van der Waals surface area contributed by atoms with E-state index in [4.69, 9.17) is 5.11 Å². The molecule has 1 aromatic carbocycles. The molecular weight excluding hydrogens is 549 g/mol. The van der Waals surface area contributed by atoms with Crippen LogP contribution in [-0.4, -0.2) is 41.7 Å². The first-order chi connectivity index (χ1) is 17.6. The van der Waals surface area contributed by atoms with E-state index in [9.17, 15) is 22.8 Å². The van der Waals surface area contributed by atoms with Gasteiger partial charge in [0.25, 0.3) is 5.91 Å². The summed E-state index contributed by atoms with van der Waals surface area (Å²) in [6.45, 7) is 0. The Morgan fingerprint density at radius 2 is 1.89 bits per heavy atom. The monoisotopic (exact) mass is 566 g/mol. The average molecular weight is 567 g/mol. The highest BCUT2D eigenvalue weighted by atomic mass is 32.2. The Morgan fingerprint density at radius 1 is 1.14 bits per heavy atom. The molecule has 4 rings (SSSR count). The summed E-state index contributed by atoms with van der Waals surface area (Å²) in [6.07, 6.45) is -1.22. The molecule has 0 aliphatic carbocycles. The normalized spacial score (nSPS) is 11.5. The summed E-state index contributed by atoms with van der Waals surface area (Å²) in [7, 11) is 1.76. The molecule has 0 unspecified atom stereocenters. The highest BCUT2D eigenvalue weighted by molar-refractivity contribution is 7.99. The van der Waals surface area contributed by atoms with Crippen LogP contribution in [0.5, 0.6) is 0 Å². The van der Waals surface area contributed by atoms with E-state index in [-0.39, 0.29) is 23.7 Å². The number of benzene rings is 1. The van der Waals surface area contributed by atoms with E-state index in [0.717, 1.165) is 35.2 Å². The number of amides is 1. The van der Waals surface area contributed by atoms with Gasteiger partial charge in [0.05, 0.1) is 12.0 Å². The fraction of sp³-hybridized carbons (Fsp3) is 0.182. The summed E-state index contributed by atoms with van der Waals surface area (Å²) in [6, 6.07) is 7.93. The van der Waals surface area contributed by atoms with Gasteiger partial charge in [0.1, 0.15) is 17.0 Å². The number of thiazole rings is 1. The number of anilines is 1. The van der Waals surface area contributed by atoms with Gasteiger partial charge in [-0.15, -0.1) is 21.5 Å². The zero-order valence-electron chi connectivity index (χ0n) is 18.9. The maximum Gasteiger partial charge on any atom is 0.416 e. The summed E-state index contributed by atoms with van der Waals surface area (Å²) >= 11 is 3.43. The number of halogens is 3. The number of aryl methyl sites for hydroxylation is 2. The van der Waals surface area contributed by atoms with Crippen molar-refractivity contribution in [3.05, 3.63) is 65.1 Å². The summed E-state index contributed by atoms with van der Waals surface area (Å²) < 4.78 is 40.5. The number of pyridine rings is 1.